The summed E-state index contributed by atoms with van der Waals surface area (Å²) in [4.78, 5) is 10.4. The molecule has 3 fully saturated rings. The third-order valence-corrected chi connectivity index (χ3v) is 12.0. The molecule has 3 rings (SSSR count). The number of ether oxygens (including phenoxy) is 3. The predicted molar refractivity (Wildman–Crippen MR) is 124 cm³/mol. The summed E-state index contributed by atoms with van der Waals surface area (Å²) in [5.41, 5.74) is -0.363. The number of nitrogens with zero attached hydrogens (tertiary/aromatic N) is 1. The largest absolute Gasteiger partial charge is 0.432 e. The van der Waals surface area contributed by atoms with E-state index in [0.29, 0.717) is 12.6 Å². The van der Waals surface area contributed by atoms with Gasteiger partial charge in [-0.05, 0) is 69.5 Å². The van der Waals surface area contributed by atoms with Gasteiger partial charge in [-0.15, -0.1) is 0 Å². The van der Waals surface area contributed by atoms with Crippen LogP contribution in [0.3, 0.4) is 0 Å². The van der Waals surface area contributed by atoms with Crippen LogP contribution in [0.15, 0.2) is 0 Å². The maximum absolute atomic E-state index is 11.3. The molecule has 0 aromatic carbocycles. The van der Waals surface area contributed by atoms with E-state index < -0.39 is 8.32 Å². The Kier molecular flexibility index (Phi) is 8.63. The highest BCUT2D eigenvalue weighted by molar-refractivity contribution is 6.72. The summed E-state index contributed by atoms with van der Waals surface area (Å²) in [5.74, 6) is 0. The number of piperidine rings is 1. The van der Waals surface area contributed by atoms with Crippen LogP contribution < -0.4 is 5.32 Å². The molecule has 0 bridgehead atoms. The number of hydrogen-bond acceptors (Lipinski definition) is 7. The van der Waals surface area contributed by atoms with E-state index in [2.05, 4.69) is 19.2 Å². The molecule has 3 N–H and O–H groups in total. The minimum absolute atomic E-state index is 0.0168. The molecule has 3 aliphatic heterocycles. The molecule has 0 atom stereocenters. The van der Waals surface area contributed by atoms with Crippen LogP contribution in [0, 0.1) is 0 Å². The fourth-order valence-electron chi connectivity index (χ4n) is 5.50. The van der Waals surface area contributed by atoms with Crippen LogP contribution in [0.5, 0.6) is 0 Å². The molecule has 7 nitrogen and oxygen atoms in total. The molecule has 0 aliphatic carbocycles. The van der Waals surface area contributed by atoms with E-state index in [1.165, 1.54) is 0 Å². The lowest BCUT2D eigenvalue weighted by Gasteiger charge is -2.59. The molecule has 8 heteroatoms. The van der Waals surface area contributed by atoms with Crippen LogP contribution in [0.4, 0.5) is 0 Å². The zero-order valence-electron chi connectivity index (χ0n) is 20.3. The van der Waals surface area contributed by atoms with Crippen molar-refractivity contribution in [1.29, 1.82) is 0 Å². The highest BCUT2D eigenvalue weighted by Gasteiger charge is 2.55. The highest BCUT2D eigenvalue weighted by Crippen LogP contribution is 2.47. The molecule has 2 spiro atoms. The van der Waals surface area contributed by atoms with Crippen molar-refractivity contribution in [2.24, 2.45) is 0 Å². The summed E-state index contributed by atoms with van der Waals surface area (Å²) < 4.78 is 17.1. The van der Waals surface area contributed by atoms with Gasteiger partial charge in [0, 0.05) is 45.6 Å². The minimum atomic E-state index is -2.14. The predicted octanol–water partition coefficient (Wildman–Crippen LogP) is 3.30. The average molecular weight is 459 g/mol. The summed E-state index contributed by atoms with van der Waals surface area (Å²) >= 11 is 0. The van der Waals surface area contributed by atoms with Gasteiger partial charge in [0.1, 0.15) is 0 Å². The fraction of sp³-hybridized carbons (Fsp3) is 1.00. The van der Waals surface area contributed by atoms with Gasteiger partial charge in [0.05, 0.1) is 17.7 Å². The van der Waals surface area contributed by atoms with E-state index >= 15 is 0 Å². The third kappa shape index (κ3) is 6.09. The van der Waals surface area contributed by atoms with Gasteiger partial charge in [-0.2, -0.15) is 5.06 Å². The molecule has 0 aromatic heterocycles. The first-order chi connectivity index (χ1) is 14.6. The molecule has 3 heterocycles. The maximum atomic E-state index is 11.3. The molecule has 0 saturated carbocycles. The van der Waals surface area contributed by atoms with Crippen molar-refractivity contribution in [2.75, 3.05) is 46.2 Å². The van der Waals surface area contributed by atoms with Gasteiger partial charge in [0.2, 0.25) is 0 Å². The van der Waals surface area contributed by atoms with Gasteiger partial charge < -0.3 is 29.5 Å². The number of nitrogens with one attached hydrogen (secondary N) is 1. The smallest absolute Gasteiger partial charge is 0.188 e. The zero-order chi connectivity index (χ0) is 22.6. The minimum Gasteiger partial charge on any atom is -0.432 e. The first-order valence-corrected chi connectivity index (χ1v) is 15.2. The van der Waals surface area contributed by atoms with Crippen LogP contribution in [-0.4, -0.2) is 86.7 Å². The van der Waals surface area contributed by atoms with Crippen LogP contribution >= 0.6 is 0 Å². The quantitative estimate of drug-likeness (QED) is 0.361. The standard InChI is InChI=1S/C23H46N2O5Si/c1-21(2,31(3,4)27)6-5-12-28-17-11-24-20-18-22(7-13-29-14-8-22)25(26)23(19-20)9-15-30-16-10-23/h20,24,26-27H,5-19H2,1-4H3. The van der Waals surface area contributed by atoms with E-state index in [1.54, 1.807) is 5.06 Å². The number of hydrogen-bond donors (Lipinski definition) is 3. The second kappa shape index (κ2) is 10.5. The summed E-state index contributed by atoms with van der Waals surface area (Å²) in [7, 11) is -2.14. The number of hydroxylamine groups is 2. The second-order valence-electron chi connectivity index (χ2n) is 11.2. The Balaban J connectivity index is 1.45. The number of rotatable bonds is 9. The van der Waals surface area contributed by atoms with Crippen molar-refractivity contribution in [3.8, 4) is 0 Å². The Hall–Kier alpha value is -0.0631. The molecule has 0 unspecified atom stereocenters. The summed E-state index contributed by atoms with van der Waals surface area (Å²) in [6, 6.07) is 0.378. The molecule has 182 valence electrons. The van der Waals surface area contributed by atoms with Crippen molar-refractivity contribution in [2.45, 2.75) is 100 Å². The summed E-state index contributed by atoms with van der Waals surface area (Å²) in [6.07, 6.45) is 7.46. The Morgan fingerprint density at radius 2 is 1.52 bits per heavy atom. The molecule has 3 aliphatic rings. The van der Waals surface area contributed by atoms with Crippen LogP contribution in [0.25, 0.3) is 0 Å². The van der Waals surface area contributed by atoms with E-state index in [4.69, 9.17) is 14.2 Å². The van der Waals surface area contributed by atoms with Crippen LogP contribution in [-0.2, 0) is 14.2 Å². The lowest BCUT2D eigenvalue weighted by molar-refractivity contribution is -0.295. The van der Waals surface area contributed by atoms with Crippen molar-refractivity contribution in [3.05, 3.63) is 0 Å². The molecule has 3 saturated heterocycles. The van der Waals surface area contributed by atoms with Crippen molar-refractivity contribution >= 4 is 8.32 Å². The van der Waals surface area contributed by atoms with Crippen LogP contribution in [0.1, 0.15) is 65.2 Å². The Morgan fingerprint density at radius 1 is 1.00 bits per heavy atom. The van der Waals surface area contributed by atoms with E-state index in [-0.39, 0.29) is 16.1 Å². The molecule has 0 amide bonds. The Morgan fingerprint density at radius 3 is 2.00 bits per heavy atom. The molecular weight excluding hydrogens is 412 g/mol. The first kappa shape index (κ1) is 25.6. The lowest BCUT2D eigenvalue weighted by atomic mass is 9.69. The summed E-state index contributed by atoms with van der Waals surface area (Å²) in [5, 5.41) is 16.8. The van der Waals surface area contributed by atoms with Gasteiger partial charge in [0.25, 0.3) is 0 Å². The Labute approximate surface area is 189 Å². The average Bonchev–Trinajstić information content (AvgIpc) is 2.72. The van der Waals surface area contributed by atoms with Crippen molar-refractivity contribution in [3.63, 3.8) is 0 Å². The fourth-order valence-corrected chi connectivity index (χ4v) is 6.29. The zero-order valence-corrected chi connectivity index (χ0v) is 21.3. The van der Waals surface area contributed by atoms with E-state index in [0.717, 1.165) is 90.9 Å². The van der Waals surface area contributed by atoms with Gasteiger partial charge in [-0.1, -0.05) is 13.8 Å². The van der Waals surface area contributed by atoms with Crippen LogP contribution in [0.2, 0.25) is 18.1 Å². The molecular formula is C23H46N2O5Si. The van der Waals surface area contributed by atoms with Crippen molar-refractivity contribution in [1.82, 2.24) is 10.4 Å². The van der Waals surface area contributed by atoms with E-state index in [1.807, 2.05) is 13.1 Å². The van der Waals surface area contributed by atoms with Gasteiger partial charge in [0.15, 0.2) is 8.32 Å². The normalized spacial score (nSPS) is 27.1. The highest BCUT2D eigenvalue weighted by atomic mass is 28.4. The molecule has 0 aromatic rings. The SMILES string of the molecule is CC(C)(CCCOCCNC1CC2(CCOCC2)N(O)C2(CCOCC2)C1)[Si](C)(C)O. The van der Waals surface area contributed by atoms with E-state index in [9.17, 15) is 10.0 Å². The van der Waals surface area contributed by atoms with Gasteiger partial charge >= 0.3 is 0 Å². The lowest BCUT2D eigenvalue weighted by Crippen LogP contribution is -2.69. The monoisotopic (exact) mass is 458 g/mol. The third-order valence-electron chi connectivity index (χ3n) is 8.42. The van der Waals surface area contributed by atoms with Crippen molar-refractivity contribution < 1.29 is 24.2 Å². The molecule has 31 heavy (non-hydrogen) atoms. The summed E-state index contributed by atoms with van der Waals surface area (Å²) in [6.45, 7) is 13.6. The van der Waals surface area contributed by atoms with Gasteiger partial charge in [-0.25, -0.2) is 0 Å². The Bertz CT molecular complexity index is 529. The molecule has 0 radical (unpaired) electrons. The first-order valence-electron chi connectivity index (χ1n) is 12.3. The van der Waals surface area contributed by atoms with Gasteiger partial charge in [-0.3, -0.25) is 0 Å². The second-order valence-corrected chi connectivity index (χ2v) is 15.7. The topological polar surface area (TPSA) is 83.4 Å². The maximum Gasteiger partial charge on any atom is 0.188 e.